The fourth-order valence-corrected chi connectivity index (χ4v) is 2.68. The SMILES string of the molecule is CC=c1nc(N)c2nc(COCC)n(CC(C)(C)O)c2c1=CC. The van der Waals surface area contributed by atoms with Crippen LogP contribution in [0.2, 0.25) is 0 Å². The monoisotopic (exact) mass is 318 g/mol. The fraction of sp³-hybridized carbons (Fsp3) is 0.529. The van der Waals surface area contributed by atoms with E-state index in [1.165, 1.54) is 0 Å². The lowest BCUT2D eigenvalue weighted by Crippen LogP contribution is -2.33. The number of aliphatic hydroxyl groups is 1. The molecular weight excluding hydrogens is 292 g/mol. The maximum absolute atomic E-state index is 10.3. The molecule has 0 unspecified atom stereocenters. The molecule has 2 aromatic heterocycles. The van der Waals surface area contributed by atoms with Gasteiger partial charge in [-0.3, -0.25) is 0 Å². The van der Waals surface area contributed by atoms with Gasteiger partial charge >= 0.3 is 0 Å². The highest BCUT2D eigenvalue weighted by Gasteiger charge is 2.21. The smallest absolute Gasteiger partial charge is 0.152 e. The second-order valence-corrected chi connectivity index (χ2v) is 6.13. The zero-order chi connectivity index (χ0) is 17.2. The van der Waals surface area contributed by atoms with Gasteiger partial charge < -0.3 is 20.1 Å². The molecule has 0 fully saturated rings. The van der Waals surface area contributed by atoms with E-state index in [2.05, 4.69) is 9.97 Å². The third-order valence-corrected chi connectivity index (χ3v) is 3.60. The van der Waals surface area contributed by atoms with Gasteiger partial charge in [-0.1, -0.05) is 12.2 Å². The number of aromatic nitrogens is 3. The van der Waals surface area contributed by atoms with E-state index in [0.717, 1.165) is 21.9 Å². The normalized spacial score (nSPS) is 14.2. The molecule has 2 aromatic rings. The molecule has 0 radical (unpaired) electrons. The van der Waals surface area contributed by atoms with Crippen molar-refractivity contribution >= 4 is 29.0 Å². The first kappa shape index (κ1) is 17.4. The summed E-state index contributed by atoms with van der Waals surface area (Å²) >= 11 is 0. The first-order valence-corrected chi connectivity index (χ1v) is 7.89. The van der Waals surface area contributed by atoms with E-state index >= 15 is 0 Å². The standard InChI is InChI=1S/C17H26N4O2/c1-6-11-12(7-2)19-16(18)14-15(11)21(10-17(4,5)22)13(20-14)9-23-8-3/h6-7,22H,8-10H2,1-5H3,(H2,18,19). The molecule has 23 heavy (non-hydrogen) atoms. The number of hydrogen-bond acceptors (Lipinski definition) is 5. The number of ether oxygens (including phenoxy) is 1. The van der Waals surface area contributed by atoms with Crippen molar-refractivity contribution < 1.29 is 9.84 Å². The lowest BCUT2D eigenvalue weighted by molar-refractivity contribution is 0.0581. The highest BCUT2D eigenvalue weighted by Crippen LogP contribution is 2.20. The summed E-state index contributed by atoms with van der Waals surface area (Å²) in [5.41, 5.74) is 6.77. The van der Waals surface area contributed by atoms with E-state index in [-0.39, 0.29) is 0 Å². The number of nitrogen functional groups attached to an aromatic ring is 1. The molecule has 0 atom stereocenters. The molecule has 2 heterocycles. The van der Waals surface area contributed by atoms with E-state index in [1.807, 2.05) is 37.5 Å². The van der Waals surface area contributed by atoms with Crippen molar-refractivity contribution in [2.75, 3.05) is 12.3 Å². The molecule has 0 amide bonds. The Morgan fingerprint density at radius 1 is 1.26 bits per heavy atom. The molecule has 6 heteroatoms. The maximum atomic E-state index is 10.3. The highest BCUT2D eigenvalue weighted by atomic mass is 16.5. The zero-order valence-electron chi connectivity index (χ0n) is 14.6. The number of fused-ring (bicyclic) bond motifs is 1. The lowest BCUT2D eigenvalue weighted by atomic mass is 10.1. The van der Waals surface area contributed by atoms with Crippen molar-refractivity contribution in [2.45, 2.75) is 53.4 Å². The van der Waals surface area contributed by atoms with Crippen LogP contribution in [0.4, 0.5) is 5.82 Å². The third kappa shape index (κ3) is 3.54. The van der Waals surface area contributed by atoms with Crippen molar-refractivity contribution in [3.05, 3.63) is 16.4 Å². The maximum Gasteiger partial charge on any atom is 0.152 e. The molecule has 0 aliphatic carbocycles. The van der Waals surface area contributed by atoms with Crippen LogP contribution in [-0.4, -0.2) is 31.8 Å². The predicted octanol–water partition coefficient (Wildman–Crippen LogP) is 0.922. The van der Waals surface area contributed by atoms with Gasteiger partial charge in [0.15, 0.2) is 5.82 Å². The van der Waals surface area contributed by atoms with E-state index < -0.39 is 5.60 Å². The number of imidazole rings is 1. The summed E-state index contributed by atoms with van der Waals surface area (Å²) in [6.07, 6.45) is 3.92. The van der Waals surface area contributed by atoms with Crippen LogP contribution in [0.1, 0.15) is 40.4 Å². The van der Waals surface area contributed by atoms with E-state index in [9.17, 15) is 5.11 Å². The predicted molar refractivity (Wildman–Crippen MR) is 93.1 cm³/mol. The van der Waals surface area contributed by atoms with Crippen LogP contribution in [0, 0.1) is 0 Å². The van der Waals surface area contributed by atoms with Crippen LogP contribution in [0.15, 0.2) is 0 Å². The zero-order valence-corrected chi connectivity index (χ0v) is 14.6. The van der Waals surface area contributed by atoms with Gasteiger partial charge in [0.25, 0.3) is 0 Å². The molecule has 3 N–H and O–H groups in total. The number of rotatable bonds is 5. The van der Waals surface area contributed by atoms with E-state index in [4.69, 9.17) is 10.5 Å². The van der Waals surface area contributed by atoms with Gasteiger partial charge in [0.2, 0.25) is 0 Å². The van der Waals surface area contributed by atoms with Gasteiger partial charge in [-0.25, -0.2) is 9.97 Å². The van der Waals surface area contributed by atoms with E-state index in [0.29, 0.717) is 31.1 Å². The number of nitrogens with two attached hydrogens (primary N) is 1. The molecule has 6 nitrogen and oxygen atoms in total. The molecule has 0 aromatic carbocycles. The topological polar surface area (TPSA) is 86.2 Å². The summed E-state index contributed by atoms with van der Waals surface area (Å²) < 4.78 is 7.52. The molecular formula is C17H26N4O2. The molecule has 0 saturated carbocycles. The Labute approximate surface area is 136 Å². The van der Waals surface area contributed by atoms with Crippen molar-refractivity contribution in [3.8, 4) is 0 Å². The van der Waals surface area contributed by atoms with E-state index in [1.54, 1.807) is 13.8 Å². The van der Waals surface area contributed by atoms with Crippen molar-refractivity contribution in [1.82, 2.24) is 14.5 Å². The second kappa shape index (κ2) is 6.68. The van der Waals surface area contributed by atoms with Crippen LogP contribution < -0.4 is 16.3 Å². The Hall–Kier alpha value is -1.92. The van der Waals surface area contributed by atoms with Gasteiger partial charge in [0.1, 0.15) is 17.9 Å². The average molecular weight is 318 g/mol. The summed E-state index contributed by atoms with van der Waals surface area (Å²) in [4.78, 5) is 9.06. The summed E-state index contributed by atoms with van der Waals surface area (Å²) in [5.74, 6) is 1.14. The first-order valence-electron chi connectivity index (χ1n) is 7.89. The molecule has 0 aliphatic rings. The third-order valence-electron chi connectivity index (χ3n) is 3.60. The van der Waals surface area contributed by atoms with Gasteiger partial charge in [-0.2, -0.15) is 0 Å². The average Bonchev–Trinajstić information content (AvgIpc) is 2.82. The summed E-state index contributed by atoms with van der Waals surface area (Å²) in [5, 5.41) is 12.1. The van der Waals surface area contributed by atoms with Crippen molar-refractivity contribution in [2.24, 2.45) is 0 Å². The number of hydrogen-bond donors (Lipinski definition) is 2. The number of anilines is 1. The summed E-state index contributed by atoms with van der Waals surface area (Å²) in [6.45, 7) is 10.7. The largest absolute Gasteiger partial charge is 0.389 e. The van der Waals surface area contributed by atoms with Crippen molar-refractivity contribution in [1.29, 1.82) is 0 Å². The Morgan fingerprint density at radius 2 is 1.96 bits per heavy atom. The minimum atomic E-state index is -0.881. The van der Waals surface area contributed by atoms with Gasteiger partial charge in [-0.05, 0) is 34.6 Å². The quantitative estimate of drug-likeness (QED) is 0.856. The van der Waals surface area contributed by atoms with Crippen LogP contribution in [0.3, 0.4) is 0 Å². The Balaban J connectivity index is 2.87. The first-order chi connectivity index (χ1) is 10.8. The Kier molecular flexibility index (Phi) is 5.06. The Morgan fingerprint density at radius 3 is 2.48 bits per heavy atom. The van der Waals surface area contributed by atoms with Crippen LogP contribution in [0.5, 0.6) is 0 Å². The van der Waals surface area contributed by atoms with Crippen LogP contribution in [-0.2, 0) is 17.9 Å². The Bertz CT molecular complexity index is 816. The summed E-state index contributed by atoms with van der Waals surface area (Å²) in [7, 11) is 0. The van der Waals surface area contributed by atoms with Crippen molar-refractivity contribution in [3.63, 3.8) is 0 Å². The highest BCUT2D eigenvalue weighted by molar-refractivity contribution is 5.86. The van der Waals surface area contributed by atoms with Crippen LogP contribution >= 0.6 is 0 Å². The fourth-order valence-electron chi connectivity index (χ4n) is 2.68. The number of nitrogens with zero attached hydrogens (tertiary/aromatic N) is 3. The van der Waals surface area contributed by atoms with Crippen LogP contribution in [0.25, 0.3) is 23.2 Å². The molecule has 0 saturated heterocycles. The molecule has 126 valence electrons. The lowest BCUT2D eigenvalue weighted by Gasteiger charge is -2.20. The minimum absolute atomic E-state index is 0.370. The van der Waals surface area contributed by atoms with Gasteiger partial charge in [0, 0.05) is 11.8 Å². The van der Waals surface area contributed by atoms with Gasteiger partial charge in [0.05, 0.1) is 23.0 Å². The molecule has 0 spiro atoms. The minimum Gasteiger partial charge on any atom is -0.389 e. The molecule has 2 rings (SSSR count). The number of pyridine rings is 1. The molecule has 0 aliphatic heterocycles. The second-order valence-electron chi connectivity index (χ2n) is 6.13. The molecule has 0 bridgehead atoms. The summed E-state index contributed by atoms with van der Waals surface area (Å²) in [6, 6.07) is 0. The van der Waals surface area contributed by atoms with Gasteiger partial charge in [-0.15, -0.1) is 0 Å².